The van der Waals surface area contributed by atoms with Crippen molar-refractivity contribution in [2.24, 2.45) is 0 Å². The first-order valence-electron chi connectivity index (χ1n) is 11.9. The molecule has 0 bridgehead atoms. The van der Waals surface area contributed by atoms with E-state index in [-0.39, 0.29) is 36.3 Å². The highest BCUT2D eigenvalue weighted by atomic mass is 16.7. The number of ether oxygens (including phenoxy) is 3. The molecule has 2 aliphatic heterocycles. The van der Waals surface area contributed by atoms with Gasteiger partial charge >= 0.3 is 11.7 Å². The van der Waals surface area contributed by atoms with E-state index in [1.807, 2.05) is 23.1 Å². The molecule has 37 heavy (non-hydrogen) atoms. The number of rotatable bonds is 8. The van der Waals surface area contributed by atoms with Crippen LogP contribution in [0.5, 0.6) is 11.5 Å². The summed E-state index contributed by atoms with van der Waals surface area (Å²) in [6.45, 7) is 5.40. The summed E-state index contributed by atoms with van der Waals surface area (Å²) in [5.41, 5.74) is 1.49. The Kier molecular flexibility index (Phi) is 6.99. The maximum absolute atomic E-state index is 12.4. The number of esters is 1. The molecule has 1 N–H and O–H groups in total. The molecule has 0 radical (unpaired) electrons. The number of hydrogen-bond acceptors (Lipinski definition) is 11. The minimum atomic E-state index is -0.527. The van der Waals surface area contributed by atoms with E-state index in [9.17, 15) is 14.9 Å². The third kappa shape index (κ3) is 5.23. The van der Waals surface area contributed by atoms with Crippen molar-refractivity contribution in [3.8, 4) is 11.5 Å². The average molecular weight is 507 g/mol. The van der Waals surface area contributed by atoms with Crippen LogP contribution in [0.2, 0.25) is 0 Å². The molecule has 0 atom stereocenters. The molecule has 1 fully saturated rings. The van der Waals surface area contributed by atoms with Crippen LogP contribution in [-0.2, 0) is 11.3 Å². The van der Waals surface area contributed by atoms with Crippen LogP contribution in [0.3, 0.4) is 0 Å². The highest BCUT2D eigenvalue weighted by Crippen LogP contribution is 2.35. The number of nitro groups is 1. The highest BCUT2D eigenvalue weighted by Gasteiger charge is 2.30. The maximum atomic E-state index is 12.4. The van der Waals surface area contributed by atoms with Crippen molar-refractivity contribution in [1.29, 1.82) is 0 Å². The molecule has 1 saturated heterocycles. The fraction of sp³-hybridized carbons (Fsp3) is 0.320. The lowest BCUT2D eigenvalue weighted by Crippen LogP contribution is -2.46. The molecule has 0 amide bonds. The molecule has 0 aliphatic carbocycles. The zero-order valence-corrected chi connectivity index (χ0v) is 20.3. The van der Waals surface area contributed by atoms with Gasteiger partial charge in [0, 0.05) is 32.7 Å². The Hall–Kier alpha value is -4.45. The number of fused-ring (bicyclic) bond motifs is 1. The fourth-order valence-electron chi connectivity index (χ4n) is 4.38. The minimum absolute atomic E-state index is 0.00883. The van der Waals surface area contributed by atoms with Crippen molar-refractivity contribution in [3.63, 3.8) is 0 Å². The zero-order valence-electron chi connectivity index (χ0n) is 20.3. The summed E-state index contributed by atoms with van der Waals surface area (Å²) in [6.07, 6.45) is 1.29. The van der Waals surface area contributed by atoms with Gasteiger partial charge in [-0.1, -0.05) is 18.2 Å². The quantitative estimate of drug-likeness (QED) is 0.274. The molecule has 2 aromatic carbocycles. The topological polar surface area (TPSA) is 132 Å². The molecule has 0 spiro atoms. The van der Waals surface area contributed by atoms with E-state index in [0.717, 1.165) is 23.6 Å². The van der Waals surface area contributed by atoms with E-state index in [2.05, 4.69) is 20.2 Å². The molecule has 0 unspecified atom stereocenters. The van der Waals surface area contributed by atoms with Crippen LogP contribution in [0.25, 0.3) is 0 Å². The monoisotopic (exact) mass is 506 g/mol. The lowest BCUT2D eigenvalue weighted by atomic mass is 10.1. The summed E-state index contributed by atoms with van der Waals surface area (Å²) < 4.78 is 15.9. The van der Waals surface area contributed by atoms with Gasteiger partial charge in [0.2, 0.25) is 18.4 Å². The number of nitrogens with one attached hydrogen (secondary N) is 1. The predicted octanol–water partition coefficient (Wildman–Crippen LogP) is 3.36. The Morgan fingerprint density at radius 1 is 1.11 bits per heavy atom. The van der Waals surface area contributed by atoms with E-state index in [4.69, 9.17) is 14.2 Å². The van der Waals surface area contributed by atoms with Crippen LogP contribution < -0.4 is 19.7 Å². The van der Waals surface area contributed by atoms with Crippen LogP contribution in [-0.4, -0.2) is 65.3 Å². The van der Waals surface area contributed by atoms with Crippen LogP contribution in [0.4, 0.5) is 23.0 Å². The third-order valence-electron chi connectivity index (χ3n) is 6.18. The summed E-state index contributed by atoms with van der Waals surface area (Å²) in [4.78, 5) is 36.5. The van der Waals surface area contributed by atoms with E-state index in [1.54, 1.807) is 31.2 Å². The Bertz CT molecular complexity index is 1310. The largest absolute Gasteiger partial charge is 0.462 e. The highest BCUT2D eigenvalue weighted by molar-refractivity contribution is 5.96. The molecule has 192 valence electrons. The van der Waals surface area contributed by atoms with Gasteiger partial charge in [0.25, 0.3) is 0 Å². The second-order valence-electron chi connectivity index (χ2n) is 8.49. The lowest BCUT2D eigenvalue weighted by molar-refractivity contribution is -0.383. The molecule has 0 saturated carbocycles. The van der Waals surface area contributed by atoms with E-state index in [1.165, 1.54) is 6.33 Å². The van der Waals surface area contributed by atoms with Gasteiger partial charge in [-0.25, -0.2) is 14.8 Å². The lowest BCUT2D eigenvalue weighted by Gasteiger charge is -2.35. The first kappa shape index (κ1) is 24.3. The standard InChI is InChI=1S/C25H26N6O6/c1-2-35-25(32)18-5-3-4-6-19(18)28-23-22(31(33)34)24(27-15-26-23)30-11-9-29(10-12-30)14-17-7-8-20-21(13-17)37-16-36-20/h3-8,13,15H,2,9-12,14,16H2,1H3,(H,26,27,28). The Labute approximate surface area is 212 Å². The number of carbonyl (C=O) groups is 1. The number of hydrogen-bond donors (Lipinski definition) is 1. The fourth-order valence-corrected chi connectivity index (χ4v) is 4.38. The molecule has 2 aliphatic rings. The molecular formula is C25H26N6O6. The van der Waals surface area contributed by atoms with Crippen molar-refractivity contribution in [3.05, 3.63) is 70.0 Å². The van der Waals surface area contributed by atoms with Gasteiger partial charge in [0.05, 0.1) is 22.8 Å². The van der Waals surface area contributed by atoms with E-state index >= 15 is 0 Å². The number of aromatic nitrogens is 2. The second kappa shape index (κ2) is 10.7. The van der Waals surface area contributed by atoms with Crippen LogP contribution >= 0.6 is 0 Å². The number of nitrogens with zero attached hydrogens (tertiary/aromatic N) is 5. The molecule has 1 aromatic heterocycles. The Morgan fingerprint density at radius 3 is 2.68 bits per heavy atom. The summed E-state index contributed by atoms with van der Waals surface area (Å²) in [7, 11) is 0. The van der Waals surface area contributed by atoms with Gasteiger partial charge in [-0.05, 0) is 36.8 Å². The van der Waals surface area contributed by atoms with Crippen LogP contribution in [0.1, 0.15) is 22.8 Å². The summed E-state index contributed by atoms with van der Waals surface area (Å²) in [5.74, 6) is 1.21. The first-order chi connectivity index (χ1) is 18.0. The van der Waals surface area contributed by atoms with Crippen LogP contribution in [0.15, 0.2) is 48.8 Å². The predicted molar refractivity (Wildman–Crippen MR) is 134 cm³/mol. The van der Waals surface area contributed by atoms with Gasteiger partial charge in [-0.15, -0.1) is 0 Å². The first-order valence-corrected chi connectivity index (χ1v) is 11.9. The molecular weight excluding hydrogens is 480 g/mol. The van der Waals surface area contributed by atoms with E-state index < -0.39 is 10.9 Å². The zero-order chi connectivity index (χ0) is 25.8. The Balaban J connectivity index is 1.31. The van der Waals surface area contributed by atoms with Gasteiger partial charge in [-0.3, -0.25) is 15.0 Å². The van der Waals surface area contributed by atoms with Gasteiger partial charge in [0.1, 0.15) is 6.33 Å². The van der Waals surface area contributed by atoms with Crippen LogP contribution in [0, 0.1) is 10.1 Å². The van der Waals surface area contributed by atoms with Gasteiger partial charge in [0.15, 0.2) is 11.5 Å². The van der Waals surface area contributed by atoms with Gasteiger partial charge in [-0.2, -0.15) is 0 Å². The Morgan fingerprint density at radius 2 is 1.89 bits per heavy atom. The minimum Gasteiger partial charge on any atom is -0.462 e. The number of anilines is 3. The molecule has 3 aromatic rings. The summed E-state index contributed by atoms with van der Waals surface area (Å²) >= 11 is 0. The molecule has 5 rings (SSSR count). The smallest absolute Gasteiger partial charge is 0.353 e. The average Bonchev–Trinajstić information content (AvgIpc) is 3.37. The molecule has 3 heterocycles. The summed E-state index contributed by atoms with van der Waals surface area (Å²) in [5, 5.41) is 15.1. The number of para-hydroxylation sites is 1. The number of benzene rings is 2. The molecule has 12 heteroatoms. The SMILES string of the molecule is CCOC(=O)c1ccccc1Nc1ncnc(N2CCN(Cc3ccc4c(c3)OCO4)CC2)c1[N+](=O)[O-]. The van der Waals surface area contributed by atoms with E-state index in [0.29, 0.717) is 31.9 Å². The number of carbonyl (C=O) groups excluding carboxylic acids is 1. The van der Waals surface area contributed by atoms with Crippen molar-refractivity contribution in [1.82, 2.24) is 14.9 Å². The van der Waals surface area contributed by atoms with Crippen molar-refractivity contribution in [2.45, 2.75) is 13.5 Å². The van der Waals surface area contributed by atoms with Crippen molar-refractivity contribution >= 4 is 29.0 Å². The third-order valence-corrected chi connectivity index (χ3v) is 6.18. The summed E-state index contributed by atoms with van der Waals surface area (Å²) in [6, 6.07) is 12.6. The number of piperazine rings is 1. The maximum Gasteiger partial charge on any atom is 0.353 e. The van der Waals surface area contributed by atoms with Gasteiger partial charge < -0.3 is 24.4 Å². The van der Waals surface area contributed by atoms with Crippen molar-refractivity contribution < 1.29 is 23.9 Å². The van der Waals surface area contributed by atoms with Crippen molar-refractivity contribution in [2.75, 3.05) is 49.8 Å². The second-order valence-corrected chi connectivity index (χ2v) is 8.49. The molecule has 12 nitrogen and oxygen atoms in total. The normalized spacial score (nSPS) is 14.9.